The van der Waals surface area contributed by atoms with Crippen molar-refractivity contribution < 1.29 is 24.5 Å². The van der Waals surface area contributed by atoms with Gasteiger partial charge in [-0.15, -0.1) is 0 Å². The van der Waals surface area contributed by atoms with Crippen LogP contribution in [0, 0.1) is 0 Å². The van der Waals surface area contributed by atoms with Gasteiger partial charge >= 0.3 is 5.97 Å². The molecule has 0 radical (unpaired) electrons. The molecule has 0 spiro atoms. The Bertz CT molecular complexity index is 223. The van der Waals surface area contributed by atoms with E-state index >= 15 is 0 Å². The van der Waals surface area contributed by atoms with Crippen molar-refractivity contribution in [1.29, 1.82) is 0 Å². The van der Waals surface area contributed by atoms with Gasteiger partial charge in [-0.25, -0.2) is 4.79 Å². The smallest absolute Gasteiger partial charge is 0.335 e. The molecule has 1 aliphatic carbocycles. The molecule has 0 unspecified atom stereocenters. The molecule has 0 aromatic carbocycles. The molecule has 1 rings (SSSR count). The second kappa shape index (κ2) is 7.63. The van der Waals surface area contributed by atoms with Crippen molar-refractivity contribution in [2.75, 3.05) is 26.4 Å². The molecule has 0 saturated heterocycles. The van der Waals surface area contributed by atoms with Crippen LogP contribution in [-0.4, -0.2) is 48.2 Å². The number of unbranched alkanes of at least 4 members (excludes halogenated alkanes) is 1. The lowest BCUT2D eigenvalue weighted by atomic mass is 10.0. The first-order chi connectivity index (χ1) is 8.21. The summed E-state index contributed by atoms with van der Waals surface area (Å²) in [5.41, 5.74) is -0.964. The lowest BCUT2D eigenvalue weighted by molar-refractivity contribution is -0.167. The topological polar surface area (TPSA) is 76.0 Å². The molecule has 1 saturated carbocycles. The molecule has 100 valence electrons. The lowest BCUT2D eigenvalue weighted by Gasteiger charge is -2.24. The van der Waals surface area contributed by atoms with Gasteiger partial charge in [0.2, 0.25) is 0 Å². The highest BCUT2D eigenvalue weighted by Crippen LogP contribution is 2.33. The van der Waals surface area contributed by atoms with Crippen molar-refractivity contribution in [1.82, 2.24) is 0 Å². The maximum atomic E-state index is 11.1. The number of carboxylic acids is 1. The van der Waals surface area contributed by atoms with E-state index in [-0.39, 0.29) is 6.61 Å². The van der Waals surface area contributed by atoms with Crippen LogP contribution < -0.4 is 0 Å². The number of hydrogen-bond donors (Lipinski definition) is 2. The second-order valence-electron chi connectivity index (χ2n) is 4.40. The van der Waals surface area contributed by atoms with Gasteiger partial charge in [-0.1, -0.05) is 0 Å². The average molecular weight is 246 g/mol. The standard InChI is InChI=1S/C12H22O5/c13-7-3-4-8-16-9-10-17-12(11(14)15)5-1-2-6-12/h13H,1-10H2,(H,14,15). The Labute approximate surface area is 102 Å². The summed E-state index contributed by atoms with van der Waals surface area (Å²) < 4.78 is 10.8. The molecular formula is C12H22O5. The zero-order valence-corrected chi connectivity index (χ0v) is 10.2. The molecular weight excluding hydrogens is 224 g/mol. The molecule has 1 aliphatic rings. The van der Waals surface area contributed by atoms with E-state index < -0.39 is 11.6 Å². The summed E-state index contributed by atoms with van der Waals surface area (Å²) in [6.07, 6.45) is 4.60. The fourth-order valence-electron chi connectivity index (χ4n) is 2.08. The van der Waals surface area contributed by atoms with Gasteiger partial charge in [0.05, 0.1) is 13.2 Å². The van der Waals surface area contributed by atoms with Crippen molar-refractivity contribution in [3.8, 4) is 0 Å². The first-order valence-corrected chi connectivity index (χ1v) is 6.27. The first-order valence-electron chi connectivity index (χ1n) is 6.27. The molecule has 1 fully saturated rings. The van der Waals surface area contributed by atoms with E-state index in [9.17, 15) is 4.79 Å². The third kappa shape index (κ3) is 4.61. The Morgan fingerprint density at radius 1 is 1.12 bits per heavy atom. The van der Waals surface area contributed by atoms with E-state index in [1.165, 1.54) is 0 Å². The Morgan fingerprint density at radius 3 is 2.41 bits per heavy atom. The van der Waals surface area contributed by atoms with Crippen LogP contribution in [0.5, 0.6) is 0 Å². The third-order valence-corrected chi connectivity index (χ3v) is 3.10. The van der Waals surface area contributed by atoms with E-state index in [0.29, 0.717) is 32.7 Å². The van der Waals surface area contributed by atoms with Crippen LogP contribution >= 0.6 is 0 Å². The fourth-order valence-corrected chi connectivity index (χ4v) is 2.08. The van der Waals surface area contributed by atoms with Crippen LogP contribution in [0.15, 0.2) is 0 Å². The van der Waals surface area contributed by atoms with Crippen LogP contribution in [0.4, 0.5) is 0 Å². The molecule has 17 heavy (non-hydrogen) atoms. The van der Waals surface area contributed by atoms with E-state index in [2.05, 4.69) is 0 Å². The summed E-state index contributed by atoms with van der Waals surface area (Å²) >= 11 is 0. The predicted molar refractivity (Wildman–Crippen MR) is 61.9 cm³/mol. The minimum absolute atomic E-state index is 0.183. The van der Waals surface area contributed by atoms with Gasteiger partial charge in [-0.3, -0.25) is 0 Å². The summed E-state index contributed by atoms with van der Waals surface area (Å²) in [5.74, 6) is -0.852. The normalized spacial score (nSPS) is 18.4. The SMILES string of the molecule is O=C(O)C1(OCCOCCCCO)CCCC1. The third-order valence-electron chi connectivity index (χ3n) is 3.10. The van der Waals surface area contributed by atoms with Crippen LogP contribution in [0.25, 0.3) is 0 Å². The minimum atomic E-state index is -0.964. The molecule has 0 aliphatic heterocycles. The highest BCUT2D eigenvalue weighted by atomic mass is 16.6. The maximum absolute atomic E-state index is 11.1. The van der Waals surface area contributed by atoms with Gasteiger partial charge in [0.15, 0.2) is 5.60 Å². The molecule has 0 atom stereocenters. The summed E-state index contributed by atoms with van der Waals surface area (Å²) in [6, 6.07) is 0. The number of carboxylic acid groups (broad SMARTS) is 1. The van der Waals surface area contributed by atoms with Crippen molar-refractivity contribution >= 4 is 5.97 Å². The number of aliphatic hydroxyl groups excluding tert-OH is 1. The van der Waals surface area contributed by atoms with Crippen LogP contribution in [-0.2, 0) is 14.3 Å². The molecule has 0 aromatic rings. The summed E-state index contributed by atoms with van der Waals surface area (Å²) in [4.78, 5) is 11.1. The maximum Gasteiger partial charge on any atom is 0.335 e. The molecule has 0 heterocycles. The largest absolute Gasteiger partial charge is 0.479 e. The molecule has 5 nitrogen and oxygen atoms in total. The van der Waals surface area contributed by atoms with E-state index in [0.717, 1.165) is 25.7 Å². The van der Waals surface area contributed by atoms with Crippen LogP contribution in [0.3, 0.4) is 0 Å². The van der Waals surface area contributed by atoms with Gasteiger partial charge in [-0.2, -0.15) is 0 Å². The lowest BCUT2D eigenvalue weighted by Crippen LogP contribution is -2.39. The Kier molecular flexibility index (Phi) is 6.47. The fraction of sp³-hybridized carbons (Fsp3) is 0.917. The zero-order valence-electron chi connectivity index (χ0n) is 10.2. The first kappa shape index (κ1) is 14.4. The highest BCUT2D eigenvalue weighted by Gasteiger charge is 2.42. The van der Waals surface area contributed by atoms with Crippen molar-refractivity contribution in [3.05, 3.63) is 0 Å². The van der Waals surface area contributed by atoms with Gasteiger partial charge in [0.1, 0.15) is 0 Å². The van der Waals surface area contributed by atoms with E-state index in [4.69, 9.17) is 19.7 Å². The van der Waals surface area contributed by atoms with E-state index in [1.54, 1.807) is 0 Å². The van der Waals surface area contributed by atoms with Crippen LogP contribution in [0.1, 0.15) is 38.5 Å². The second-order valence-corrected chi connectivity index (χ2v) is 4.40. The number of aliphatic hydroxyl groups is 1. The molecule has 0 amide bonds. The Hall–Kier alpha value is -0.650. The van der Waals surface area contributed by atoms with Gasteiger partial charge in [0.25, 0.3) is 0 Å². The molecule has 2 N–H and O–H groups in total. The number of ether oxygens (including phenoxy) is 2. The van der Waals surface area contributed by atoms with Crippen molar-refractivity contribution in [2.24, 2.45) is 0 Å². The number of hydrogen-bond acceptors (Lipinski definition) is 4. The minimum Gasteiger partial charge on any atom is -0.479 e. The summed E-state index contributed by atoms with van der Waals surface area (Å²) in [7, 11) is 0. The summed E-state index contributed by atoms with van der Waals surface area (Å²) in [6.45, 7) is 1.51. The van der Waals surface area contributed by atoms with Crippen LogP contribution in [0.2, 0.25) is 0 Å². The zero-order chi connectivity index (χ0) is 12.6. The Morgan fingerprint density at radius 2 is 1.82 bits per heavy atom. The number of carbonyl (C=O) groups is 1. The predicted octanol–water partition coefficient (Wildman–Crippen LogP) is 1.19. The van der Waals surface area contributed by atoms with Gasteiger partial charge in [0, 0.05) is 13.2 Å². The average Bonchev–Trinajstić information content (AvgIpc) is 2.78. The highest BCUT2D eigenvalue weighted by molar-refractivity contribution is 5.77. The molecule has 0 bridgehead atoms. The van der Waals surface area contributed by atoms with Crippen molar-refractivity contribution in [3.63, 3.8) is 0 Å². The monoisotopic (exact) mass is 246 g/mol. The Balaban J connectivity index is 2.10. The molecule has 5 heteroatoms. The number of aliphatic carboxylic acids is 1. The quantitative estimate of drug-likeness (QED) is 0.598. The van der Waals surface area contributed by atoms with Crippen molar-refractivity contribution in [2.45, 2.75) is 44.1 Å². The van der Waals surface area contributed by atoms with Gasteiger partial charge in [-0.05, 0) is 38.5 Å². The van der Waals surface area contributed by atoms with E-state index in [1.807, 2.05) is 0 Å². The van der Waals surface area contributed by atoms with Gasteiger partial charge < -0.3 is 19.7 Å². The summed E-state index contributed by atoms with van der Waals surface area (Å²) in [5, 5.41) is 17.7. The number of rotatable bonds is 9. The molecule has 0 aromatic heterocycles.